The number of carbonyl (C=O) groups excluding carboxylic acids is 4. The highest BCUT2D eigenvalue weighted by Gasteiger charge is 2.38. The number of piperidine rings is 1. The average molecular weight is 413 g/mol. The first-order chi connectivity index (χ1) is 12.8. The van der Waals surface area contributed by atoms with Gasteiger partial charge in [-0.3, -0.25) is 24.1 Å². The third kappa shape index (κ3) is 3.80. The van der Waals surface area contributed by atoms with Crippen molar-refractivity contribution in [3.8, 4) is 0 Å². The number of amides is 3. The fraction of sp³-hybridized carbons (Fsp3) is 0.444. The van der Waals surface area contributed by atoms with Gasteiger partial charge in [-0.15, -0.1) is 0 Å². The van der Waals surface area contributed by atoms with Gasteiger partial charge in [0.25, 0.3) is 11.8 Å². The summed E-state index contributed by atoms with van der Waals surface area (Å²) in [5.41, 5.74) is 0.284. The minimum atomic E-state index is -0.566. The maximum Gasteiger partial charge on any atom is 0.309 e. The normalized spacial score (nSPS) is 17.3. The second kappa shape index (κ2) is 7.86. The lowest BCUT2D eigenvalue weighted by Crippen LogP contribution is -2.46. The Bertz CT molecular complexity index is 777. The largest absolute Gasteiger partial charge is 0.466 e. The molecule has 1 aromatic rings. The van der Waals surface area contributed by atoms with Crippen molar-refractivity contribution in [2.75, 3.05) is 26.2 Å². The number of fused-ring (bicyclic) bond motifs is 1. The third-order valence-electron chi connectivity index (χ3n) is 4.77. The Kier molecular flexibility index (Phi) is 5.72. The van der Waals surface area contributed by atoms with Crippen LogP contribution >= 0.6 is 23.2 Å². The van der Waals surface area contributed by atoms with Gasteiger partial charge in [-0.1, -0.05) is 23.2 Å². The lowest BCUT2D eigenvalue weighted by atomic mass is 9.97. The number of benzene rings is 1. The van der Waals surface area contributed by atoms with Crippen molar-refractivity contribution in [3.63, 3.8) is 0 Å². The quantitative estimate of drug-likeness (QED) is 0.559. The van der Waals surface area contributed by atoms with Crippen molar-refractivity contribution >= 4 is 46.9 Å². The van der Waals surface area contributed by atoms with Gasteiger partial charge < -0.3 is 9.64 Å². The second-order valence-electron chi connectivity index (χ2n) is 6.42. The number of carbonyl (C=O) groups is 4. The summed E-state index contributed by atoms with van der Waals surface area (Å²) in [6, 6.07) is 2.68. The molecule has 3 amide bonds. The predicted molar refractivity (Wildman–Crippen MR) is 97.8 cm³/mol. The summed E-state index contributed by atoms with van der Waals surface area (Å²) in [7, 11) is 0. The van der Waals surface area contributed by atoms with Crippen LogP contribution in [0.5, 0.6) is 0 Å². The van der Waals surface area contributed by atoms with Gasteiger partial charge in [0.2, 0.25) is 5.91 Å². The molecule has 0 aliphatic carbocycles. The number of halogens is 2. The number of rotatable bonds is 4. The number of hydrogen-bond donors (Lipinski definition) is 0. The van der Waals surface area contributed by atoms with Gasteiger partial charge in [-0.05, 0) is 31.9 Å². The van der Waals surface area contributed by atoms with Gasteiger partial charge >= 0.3 is 5.97 Å². The lowest BCUT2D eigenvalue weighted by molar-refractivity contribution is -0.151. The van der Waals surface area contributed by atoms with E-state index in [1.165, 1.54) is 12.1 Å². The molecule has 0 aromatic heterocycles. The number of nitrogens with zero attached hydrogens (tertiary/aromatic N) is 2. The van der Waals surface area contributed by atoms with Gasteiger partial charge in [0, 0.05) is 13.1 Å². The van der Waals surface area contributed by atoms with E-state index in [1.54, 1.807) is 11.8 Å². The molecule has 2 aliphatic heterocycles. The maximum absolute atomic E-state index is 12.5. The van der Waals surface area contributed by atoms with Gasteiger partial charge in [-0.2, -0.15) is 0 Å². The molecule has 27 heavy (non-hydrogen) atoms. The van der Waals surface area contributed by atoms with Crippen LogP contribution in [0.3, 0.4) is 0 Å². The van der Waals surface area contributed by atoms with E-state index in [9.17, 15) is 19.2 Å². The summed E-state index contributed by atoms with van der Waals surface area (Å²) in [5, 5.41) is 0.344. The number of esters is 1. The Labute approximate surface area is 166 Å². The maximum atomic E-state index is 12.5. The number of imide groups is 1. The number of ether oxygens (including phenoxy) is 1. The van der Waals surface area contributed by atoms with Crippen LogP contribution in [0.1, 0.15) is 40.5 Å². The van der Waals surface area contributed by atoms with Gasteiger partial charge in [0.05, 0.1) is 33.7 Å². The van der Waals surface area contributed by atoms with Crippen LogP contribution in [-0.4, -0.2) is 59.7 Å². The van der Waals surface area contributed by atoms with Gasteiger partial charge in [0.1, 0.15) is 6.54 Å². The number of likely N-dealkylation sites (tertiary alicyclic amines) is 1. The topological polar surface area (TPSA) is 84.0 Å². The predicted octanol–water partition coefficient (Wildman–Crippen LogP) is 2.39. The molecule has 3 rings (SSSR count). The van der Waals surface area contributed by atoms with E-state index in [2.05, 4.69) is 0 Å². The molecule has 2 aliphatic rings. The van der Waals surface area contributed by atoms with Crippen LogP contribution in [0.25, 0.3) is 0 Å². The van der Waals surface area contributed by atoms with Crippen molar-refractivity contribution in [1.29, 1.82) is 0 Å². The van der Waals surface area contributed by atoms with Crippen LogP contribution in [0, 0.1) is 5.92 Å². The van der Waals surface area contributed by atoms with Crippen LogP contribution in [-0.2, 0) is 14.3 Å². The van der Waals surface area contributed by atoms with Crippen LogP contribution in [0.2, 0.25) is 10.0 Å². The summed E-state index contributed by atoms with van der Waals surface area (Å²) < 4.78 is 5.01. The van der Waals surface area contributed by atoms with Crippen LogP contribution < -0.4 is 0 Å². The van der Waals surface area contributed by atoms with E-state index < -0.39 is 11.8 Å². The molecular formula is C18H18Cl2N2O5. The zero-order valence-corrected chi connectivity index (χ0v) is 16.2. The molecule has 144 valence electrons. The van der Waals surface area contributed by atoms with E-state index in [4.69, 9.17) is 27.9 Å². The molecule has 7 nitrogen and oxygen atoms in total. The molecule has 2 heterocycles. The van der Waals surface area contributed by atoms with E-state index in [0.717, 1.165) is 4.90 Å². The van der Waals surface area contributed by atoms with Crippen LogP contribution in [0.4, 0.5) is 0 Å². The Hall–Kier alpha value is -2.12. The summed E-state index contributed by atoms with van der Waals surface area (Å²) in [6.45, 7) is 2.47. The summed E-state index contributed by atoms with van der Waals surface area (Å²) in [5.74, 6) is -1.95. The molecular weight excluding hydrogens is 395 g/mol. The molecule has 9 heteroatoms. The summed E-state index contributed by atoms with van der Waals surface area (Å²) in [4.78, 5) is 51.7. The Morgan fingerprint density at radius 1 is 1.07 bits per heavy atom. The highest BCUT2D eigenvalue weighted by molar-refractivity contribution is 6.43. The lowest BCUT2D eigenvalue weighted by Gasteiger charge is -2.31. The second-order valence-corrected chi connectivity index (χ2v) is 7.23. The van der Waals surface area contributed by atoms with Gasteiger partial charge in [0.15, 0.2) is 0 Å². The Morgan fingerprint density at radius 3 is 2.07 bits per heavy atom. The average Bonchev–Trinajstić information content (AvgIpc) is 2.87. The molecule has 0 unspecified atom stereocenters. The van der Waals surface area contributed by atoms with Crippen molar-refractivity contribution in [1.82, 2.24) is 9.80 Å². The first-order valence-electron chi connectivity index (χ1n) is 8.63. The number of hydrogen-bond acceptors (Lipinski definition) is 5. The zero-order valence-electron chi connectivity index (χ0n) is 14.7. The first kappa shape index (κ1) is 19.6. The monoisotopic (exact) mass is 412 g/mol. The first-order valence-corrected chi connectivity index (χ1v) is 9.38. The molecule has 0 bridgehead atoms. The zero-order chi connectivity index (χ0) is 19.7. The van der Waals surface area contributed by atoms with Crippen molar-refractivity contribution < 1.29 is 23.9 Å². The van der Waals surface area contributed by atoms with E-state index >= 15 is 0 Å². The SMILES string of the molecule is CCOC(=O)C1CCN(C(=O)CN2C(=O)c3cc(Cl)c(Cl)cc3C2=O)CC1. The molecule has 0 radical (unpaired) electrons. The Morgan fingerprint density at radius 2 is 1.59 bits per heavy atom. The highest BCUT2D eigenvalue weighted by atomic mass is 35.5. The van der Waals surface area contributed by atoms with Crippen molar-refractivity contribution in [3.05, 3.63) is 33.3 Å². The summed E-state index contributed by atoms with van der Waals surface area (Å²) >= 11 is 11.8. The molecule has 0 spiro atoms. The molecule has 0 atom stereocenters. The fourth-order valence-corrected chi connectivity index (χ4v) is 3.61. The van der Waals surface area contributed by atoms with Crippen molar-refractivity contribution in [2.24, 2.45) is 5.92 Å². The summed E-state index contributed by atoms with van der Waals surface area (Å²) in [6.07, 6.45) is 0.996. The van der Waals surface area contributed by atoms with Crippen LogP contribution in [0.15, 0.2) is 12.1 Å². The standard InChI is InChI=1S/C18H18Cl2N2O5/c1-2-27-18(26)10-3-5-21(6-4-10)15(23)9-22-16(24)11-7-13(19)14(20)8-12(11)17(22)25/h7-8,10H,2-6,9H2,1H3. The minimum absolute atomic E-state index is 0.142. The molecule has 1 aromatic carbocycles. The molecule has 0 saturated carbocycles. The molecule has 1 fully saturated rings. The smallest absolute Gasteiger partial charge is 0.309 e. The van der Waals surface area contributed by atoms with E-state index in [0.29, 0.717) is 32.5 Å². The molecule has 1 saturated heterocycles. The van der Waals surface area contributed by atoms with E-state index in [1.807, 2.05) is 0 Å². The fourth-order valence-electron chi connectivity index (χ4n) is 3.29. The van der Waals surface area contributed by atoms with Crippen molar-refractivity contribution in [2.45, 2.75) is 19.8 Å². The minimum Gasteiger partial charge on any atom is -0.466 e. The third-order valence-corrected chi connectivity index (χ3v) is 5.49. The molecule has 0 N–H and O–H groups in total. The van der Waals surface area contributed by atoms with Gasteiger partial charge in [-0.25, -0.2) is 0 Å². The Balaban J connectivity index is 1.63. The highest BCUT2D eigenvalue weighted by Crippen LogP contribution is 2.31. The van der Waals surface area contributed by atoms with E-state index in [-0.39, 0.29) is 45.5 Å².